The van der Waals surface area contributed by atoms with E-state index in [1.54, 1.807) is 18.2 Å². The predicted octanol–water partition coefficient (Wildman–Crippen LogP) is 2.63. The minimum atomic E-state index is -0.262. The standard InChI is InChI=1S/C16H18FN3O/c1-2-18-15-7-6-13(11-20-15)16(21)19-9-8-12-4-3-5-14(17)10-12/h3-7,10-11H,2,8-9H2,1H3,(H,18,20)(H,19,21). The Morgan fingerprint density at radius 3 is 2.81 bits per heavy atom. The number of carbonyl (C=O) groups is 1. The van der Waals surface area contributed by atoms with Crippen molar-refractivity contribution in [3.05, 3.63) is 59.5 Å². The van der Waals surface area contributed by atoms with E-state index in [1.807, 2.05) is 13.0 Å². The van der Waals surface area contributed by atoms with Gasteiger partial charge in [-0.05, 0) is 43.2 Å². The average molecular weight is 287 g/mol. The van der Waals surface area contributed by atoms with Crippen molar-refractivity contribution in [1.82, 2.24) is 10.3 Å². The number of halogens is 1. The van der Waals surface area contributed by atoms with Gasteiger partial charge in [0.2, 0.25) is 0 Å². The molecule has 1 heterocycles. The number of carbonyl (C=O) groups excluding carboxylic acids is 1. The molecule has 0 atom stereocenters. The normalized spacial score (nSPS) is 10.2. The Labute approximate surface area is 123 Å². The van der Waals surface area contributed by atoms with E-state index in [0.717, 1.165) is 17.9 Å². The molecule has 0 aliphatic rings. The Hall–Kier alpha value is -2.43. The molecule has 0 bridgehead atoms. The number of anilines is 1. The summed E-state index contributed by atoms with van der Waals surface area (Å²) >= 11 is 0. The van der Waals surface area contributed by atoms with Crippen LogP contribution in [0.1, 0.15) is 22.8 Å². The number of pyridine rings is 1. The third-order valence-corrected chi connectivity index (χ3v) is 2.97. The highest BCUT2D eigenvalue weighted by molar-refractivity contribution is 5.94. The van der Waals surface area contributed by atoms with Crippen molar-refractivity contribution in [2.75, 3.05) is 18.4 Å². The maximum absolute atomic E-state index is 13.0. The van der Waals surface area contributed by atoms with Crippen molar-refractivity contribution < 1.29 is 9.18 Å². The first-order valence-corrected chi connectivity index (χ1v) is 6.91. The highest BCUT2D eigenvalue weighted by Gasteiger charge is 2.05. The second-order valence-electron chi connectivity index (χ2n) is 4.60. The second-order valence-corrected chi connectivity index (χ2v) is 4.60. The fourth-order valence-corrected chi connectivity index (χ4v) is 1.93. The highest BCUT2D eigenvalue weighted by atomic mass is 19.1. The molecule has 0 unspecified atom stereocenters. The molecule has 1 aromatic heterocycles. The van der Waals surface area contributed by atoms with Crippen molar-refractivity contribution in [2.24, 2.45) is 0 Å². The van der Waals surface area contributed by atoms with E-state index in [0.29, 0.717) is 18.5 Å². The summed E-state index contributed by atoms with van der Waals surface area (Å²) in [4.78, 5) is 16.1. The lowest BCUT2D eigenvalue weighted by molar-refractivity contribution is 0.0954. The van der Waals surface area contributed by atoms with Crippen LogP contribution in [-0.2, 0) is 6.42 Å². The van der Waals surface area contributed by atoms with Gasteiger partial charge in [0.25, 0.3) is 5.91 Å². The molecule has 0 aliphatic heterocycles. The van der Waals surface area contributed by atoms with Gasteiger partial charge in [-0.15, -0.1) is 0 Å². The zero-order valence-corrected chi connectivity index (χ0v) is 11.9. The molecule has 0 fully saturated rings. The minimum Gasteiger partial charge on any atom is -0.370 e. The molecule has 1 aromatic carbocycles. The summed E-state index contributed by atoms with van der Waals surface area (Å²) in [6, 6.07) is 9.87. The summed E-state index contributed by atoms with van der Waals surface area (Å²) in [7, 11) is 0. The van der Waals surface area contributed by atoms with E-state index in [9.17, 15) is 9.18 Å². The first-order chi connectivity index (χ1) is 10.2. The van der Waals surface area contributed by atoms with Crippen LogP contribution in [0.15, 0.2) is 42.6 Å². The van der Waals surface area contributed by atoms with Crippen LogP contribution in [-0.4, -0.2) is 24.0 Å². The van der Waals surface area contributed by atoms with Gasteiger partial charge in [-0.2, -0.15) is 0 Å². The zero-order valence-electron chi connectivity index (χ0n) is 11.9. The number of amides is 1. The van der Waals surface area contributed by atoms with Gasteiger partial charge in [-0.1, -0.05) is 12.1 Å². The Morgan fingerprint density at radius 2 is 2.14 bits per heavy atom. The Morgan fingerprint density at radius 1 is 1.29 bits per heavy atom. The van der Waals surface area contributed by atoms with Gasteiger partial charge in [0.1, 0.15) is 11.6 Å². The quantitative estimate of drug-likeness (QED) is 0.858. The first-order valence-electron chi connectivity index (χ1n) is 6.91. The van der Waals surface area contributed by atoms with Gasteiger partial charge in [-0.25, -0.2) is 9.37 Å². The van der Waals surface area contributed by atoms with Crippen molar-refractivity contribution in [2.45, 2.75) is 13.3 Å². The molecule has 2 N–H and O–H groups in total. The fraction of sp³-hybridized carbons (Fsp3) is 0.250. The molecule has 2 aromatic rings. The molecular weight excluding hydrogens is 269 g/mol. The Balaban J connectivity index is 1.84. The lowest BCUT2D eigenvalue weighted by Gasteiger charge is -2.06. The summed E-state index contributed by atoms with van der Waals surface area (Å²) in [5, 5.41) is 5.86. The summed E-state index contributed by atoms with van der Waals surface area (Å²) in [6.07, 6.45) is 2.13. The maximum atomic E-state index is 13.0. The molecular formula is C16H18FN3O. The molecule has 0 radical (unpaired) electrons. The largest absolute Gasteiger partial charge is 0.370 e. The predicted molar refractivity (Wildman–Crippen MR) is 80.8 cm³/mol. The van der Waals surface area contributed by atoms with Crippen molar-refractivity contribution in [3.8, 4) is 0 Å². The molecule has 0 saturated carbocycles. The average Bonchev–Trinajstić information content (AvgIpc) is 2.48. The van der Waals surface area contributed by atoms with Crippen molar-refractivity contribution in [1.29, 1.82) is 0 Å². The van der Waals surface area contributed by atoms with E-state index < -0.39 is 0 Å². The van der Waals surface area contributed by atoms with Gasteiger partial charge in [0.15, 0.2) is 0 Å². The molecule has 1 amide bonds. The van der Waals surface area contributed by atoms with Gasteiger partial charge in [-0.3, -0.25) is 4.79 Å². The van der Waals surface area contributed by atoms with Crippen molar-refractivity contribution >= 4 is 11.7 Å². The maximum Gasteiger partial charge on any atom is 0.252 e. The van der Waals surface area contributed by atoms with E-state index in [1.165, 1.54) is 18.3 Å². The Kier molecular flexibility index (Phi) is 5.26. The zero-order chi connectivity index (χ0) is 15.1. The van der Waals surface area contributed by atoms with E-state index >= 15 is 0 Å². The topological polar surface area (TPSA) is 54.0 Å². The van der Waals surface area contributed by atoms with E-state index in [-0.39, 0.29) is 11.7 Å². The Bertz CT molecular complexity index is 599. The molecule has 0 spiro atoms. The number of hydrogen-bond acceptors (Lipinski definition) is 3. The van der Waals surface area contributed by atoms with Crippen LogP contribution in [0.5, 0.6) is 0 Å². The van der Waals surface area contributed by atoms with E-state index in [2.05, 4.69) is 15.6 Å². The van der Waals surface area contributed by atoms with Crippen LogP contribution < -0.4 is 10.6 Å². The summed E-state index contributed by atoms with van der Waals surface area (Å²) in [5.41, 5.74) is 1.37. The molecule has 2 rings (SSSR count). The van der Waals surface area contributed by atoms with Crippen LogP contribution in [0.4, 0.5) is 10.2 Å². The van der Waals surface area contributed by atoms with Crippen molar-refractivity contribution in [3.63, 3.8) is 0 Å². The van der Waals surface area contributed by atoms with Crippen LogP contribution in [0.2, 0.25) is 0 Å². The van der Waals surface area contributed by atoms with Gasteiger partial charge >= 0.3 is 0 Å². The number of hydrogen-bond donors (Lipinski definition) is 2. The molecule has 4 nitrogen and oxygen atoms in total. The van der Waals surface area contributed by atoms with Crippen LogP contribution in [0.25, 0.3) is 0 Å². The molecule has 21 heavy (non-hydrogen) atoms. The number of nitrogens with zero attached hydrogens (tertiary/aromatic N) is 1. The van der Waals surface area contributed by atoms with Crippen LogP contribution >= 0.6 is 0 Å². The molecule has 0 saturated heterocycles. The highest BCUT2D eigenvalue weighted by Crippen LogP contribution is 2.06. The van der Waals surface area contributed by atoms with Gasteiger partial charge in [0, 0.05) is 19.3 Å². The third-order valence-electron chi connectivity index (χ3n) is 2.97. The number of aromatic nitrogens is 1. The number of nitrogens with one attached hydrogen (secondary N) is 2. The van der Waals surface area contributed by atoms with Gasteiger partial charge < -0.3 is 10.6 Å². The summed E-state index contributed by atoms with van der Waals surface area (Å²) in [5.74, 6) is 0.304. The fourth-order valence-electron chi connectivity index (χ4n) is 1.93. The summed E-state index contributed by atoms with van der Waals surface area (Å²) < 4.78 is 13.0. The number of rotatable bonds is 6. The molecule has 0 aliphatic carbocycles. The molecule has 110 valence electrons. The third kappa shape index (κ3) is 4.56. The number of benzene rings is 1. The van der Waals surface area contributed by atoms with Gasteiger partial charge in [0.05, 0.1) is 5.56 Å². The monoisotopic (exact) mass is 287 g/mol. The smallest absolute Gasteiger partial charge is 0.252 e. The van der Waals surface area contributed by atoms with Crippen LogP contribution in [0, 0.1) is 5.82 Å². The first kappa shape index (κ1) is 15.0. The van der Waals surface area contributed by atoms with E-state index in [4.69, 9.17) is 0 Å². The summed E-state index contributed by atoms with van der Waals surface area (Å²) in [6.45, 7) is 3.22. The SMILES string of the molecule is CCNc1ccc(C(=O)NCCc2cccc(F)c2)cn1. The van der Waals surface area contributed by atoms with Crippen LogP contribution in [0.3, 0.4) is 0 Å². The second kappa shape index (κ2) is 7.38. The minimum absolute atomic E-state index is 0.179. The lowest BCUT2D eigenvalue weighted by atomic mass is 10.1. The lowest BCUT2D eigenvalue weighted by Crippen LogP contribution is -2.25. The molecule has 5 heteroatoms.